The average molecular weight is 357 g/mol. The summed E-state index contributed by atoms with van der Waals surface area (Å²) in [5.74, 6) is 0.474. The molecule has 0 bridgehead atoms. The summed E-state index contributed by atoms with van der Waals surface area (Å²) in [6, 6.07) is 14.7. The molecule has 0 saturated carbocycles. The van der Waals surface area contributed by atoms with Crippen LogP contribution in [0.2, 0.25) is 0 Å². The minimum Gasteiger partial charge on any atom is -0.467 e. The summed E-state index contributed by atoms with van der Waals surface area (Å²) in [7, 11) is 0. The van der Waals surface area contributed by atoms with Gasteiger partial charge in [0.1, 0.15) is 11.8 Å². The van der Waals surface area contributed by atoms with Crippen LogP contribution in [0.15, 0.2) is 76.1 Å². The van der Waals surface area contributed by atoms with Crippen LogP contribution in [0.4, 0.5) is 0 Å². The molecule has 0 spiro atoms. The van der Waals surface area contributed by atoms with E-state index in [1.54, 1.807) is 24.6 Å². The molecule has 1 N–H and O–H groups in total. The molecule has 3 aromatic rings. The van der Waals surface area contributed by atoms with Crippen LogP contribution < -0.4 is 5.32 Å². The molecule has 4 nitrogen and oxygen atoms in total. The Morgan fingerprint density at radius 1 is 1.14 bits per heavy atom. The first-order valence-electron chi connectivity index (χ1n) is 6.74. The summed E-state index contributed by atoms with van der Waals surface area (Å²) in [4.78, 5) is 16.5. The quantitative estimate of drug-likeness (QED) is 0.769. The Hall–Kier alpha value is -2.40. The lowest BCUT2D eigenvalue weighted by molar-refractivity contribution is 0.0938. The molecule has 0 aliphatic carbocycles. The Morgan fingerprint density at radius 3 is 2.64 bits per heavy atom. The van der Waals surface area contributed by atoms with E-state index in [1.165, 1.54) is 6.20 Å². The Morgan fingerprint density at radius 2 is 1.95 bits per heavy atom. The van der Waals surface area contributed by atoms with Crippen LogP contribution in [0.25, 0.3) is 0 Å². The van der Waals surface area contributed by atoms with Gasteiger partial charge in [-0.25, -0.2) is 0 Å². The van der Waals surface area contributed by atoms with Crippen LogP contribution in [-0.4, -0.2) is 10.9 Å². The summed E-state index contributed by atoms with van der Waals surface area (Å²) in [5, 5.41) is 2.99. The van der Waals surface area contributed by atoms with Crippen LogP contribution in [0.5, 0.6) is 0 Å². The maximum absolute atomic E-state index is 12.5. The van der Waals surface area contributed by atoms with E-state index in [9.17, 15) is 4.79 Å². The third-order valence-corrected chi connectivity index (χ3v) is 3.64. The summed E-state index contributed by atoms with van der Waals surface area (Å²) in [6.45, 7) is 0. The number of rotatable bonds is 4. The molecule has 1 unspecified atom stereocenters. The van der Waals surface area contributed by atoms with Gasteiger partial charge in [0.2, 0.25) is 0 Å². The fraction of sp³-hybridized carbons (Fsp3) is 0.0588. The maximum atomic E-state index is 12.5. The second-order valence-corrected chi connectivity index (χ2v) is 5.64. The van der Waals surface area contributed by atoms with Crippen molar-refractivity contribution in [1.29, 1.82) is 0 Å². The van der Waals surface area contributed by atoms with Crippen LogP contribution in [0, 0.1) is 0 Å². The fourth-order valence-electron chi connectivity index (χ4n) is 2.17. The molecule has 1 atom stereocenters. The van der Waals surface area contributed by atoms with Gasteiger partial charge in [-0.3, -0.25) is 9.78 Å². The number of carbonyl (C=O) groups excluding carboxylic acids is 1. The summed E-state index contributed by atoms with van der Waals surface area (Å²) < 4.78 is 6.23. The number of nitrogens with zero attached hydrogens (tertiary/aromatic N) is 1. The highest BCUT2D eigenvalue weighted by Gasteiger charge is 2.20. The van der Waals surface area contributed by atoms with E-state index in [-0.39, 0.29) is 11.9 Å². The van der Waals surface area contributed by atoms with E-state index in [4.69, 9.17) is 4.42 Å². The first-order chi connectivity index (χ1) is 10.7. The van der Waals surface area contributed by atoms with Crippen molar-refractivity contribution in [1.82, 2.24) is 10.3 Å². The van der Waals surface area contributed by atoms with E-state index >= 15 is 0 Å². The Kier molecular flexibility index (Phi) is 4.34. The molecule has 0 aliphatic rings. The largest absolute Gasteiger partial charge is 0.467 e. The summed E-state index contributed by atoms with van der Waals surface area (Å²) in [5.41, 5.74) is 1.44. The molecule has 0 aliphatic heterocycles. The molecule has 1 aromatic carbocycles. The van der Waals surface area contributed by atoms with Crippen molar-refractivity contribution < 1.29 is 9.21 Å². The van der Waals surface area contributed by atoms with Gasteiger partial charge < -0.3 is 9.73 Å². The zero-order chi connectivity index (χ0) is 15.4. The minimum atomic E-state index is -0.345. The standard InChI is InChI=1S/C17H13BrN2O2/c18-14-9-13(10-19-11-14)17(21)20-16(15-7-4-8-22-15)12-5-2-1-3-6-12/h1-11,16H,(H,20,21). The molecular weight excluding hydrogens is 344 g/mol. The molecule has 110 valence electrons. The number of hydrogen-bond donors (Lipinski definition) is 1. The lowest BCUT2D eigenvalue weighted by Crippen LogP contribution is -2.29. The second-order valence-electron chi connectivity index (χ2n) is 4.72. The molecule has 1 amide bonds. The van der Waals surface area contributed by atoms with Crippen molar-refractivity contribution in [3.05, 3.63) is 88.5 Å². The van der Waals surface area contributed by atoms with Crippen LogP contribution in [-0.2, 0) is 0 Å². The van der Waals surface area contributed by atoms with Gasteiger partial charge in [-0.05, 0) is 39.7 Å². The van der Waals surface area contributed by atoms with Crippen molar-refractivity contribution in [3.8, 4) is 0 Å². The van der Waals surface area contributed by atoms with Crippen molar-refractivity contribution in [2.75, 3.05) is 0 Å². The SMILES string of the molecule is O=C(NC(c1ccccc1)c1ccco1)c1cncc(Br)c1. The number of hydrogen-bond acceptors (Lipinski definition) is 3. The number of nitrogens with one attached hydrogen (secondary N) is 1. The monoisotopic (exact) mass is 356 g/mol. The van der Waals surface area contributed by atoms with E-state index < -0.39 is 0 Å². The van der Waals surface area contributed by atoms with Gasteiger partial charge >= 0.3 is 0 Å². The molecule has 2 aromatic heterocycles. The summed E-state index contributed by atoms with van der Waals surface area (Å²) >= 11 is 3.32. The number of aromatic nitrogens is 1. The third kappa shape index (κ3) is 3.26. The van der Waals surface area contributed by atoms with Crippen molar-refractivity contribution >= 4 is 21.8 Å². The molecule has 22 heavy (non-hydrogen) atoms. The lowest BCUT2D eigenvalue weighted by Gasteiger charge is -2.17. The highest BCUT2D eigenvalue weighted by Crippen LogP contribution is 2.23. The Balaban J connectivity index is 1.89. The van der Waals surface area contributed by atoms with Crippen molar-refractivity contribution in [2.24, 2.45) is 0 Å². The molecule has 5 heteroatoms. The highest BCUT2D eigenvalue weighted by atomic mass is 79.9. The van der Waals surface area contributed by atoms with Gasteiger partial charge in [0.15, 0.2) is 0 Å². The van der Waals surface area contributed by atoms with Gasteiger partial charge in [-0.1, -0.05) is 30.3 Å². The van der Waals surface area contributed by atoms with E-state index in [2.05, 4.69) is 26.2 Å². The molecule has 0 fully saturated rings. The molecule has 0 saturated heterocycles. The van der Waals surface area contributed by atoms with E-state index in [0.717, 1.165) is 10.0 Å². The van der Waals surface area contributed by atoms with Crippen LogP contribution in [0.1, 0.15) is 27.7 Å². The molecule has 2 heterocycles. The highest BCUT2D eigenvalue weighted by molar-refractivity contribution is 9.10. The van der Waals surface area contributed by atoms with E-state index in [1.807, 2.05) is 36.4 Å². The second kappa shape index (κ2) is 6.58. The number of amides is 1. The Bertz CT molecular complexity index is 757. The van der Waals surface area contributed by atoms with E-state index in [0.29, 0.717) is 11.3 Å². The topological polar surface area (TPSA) is 55.1 Å². The number of benzene rings is 1. The van der Waals surface area contributed by atoms with Gasteiger partial charge in [0, 0.05) is 16.9 Å². The average Bonchev–Trinajstić information content (AvgIpc) is 3.07. The number of carbonyl (C=O) groups is 1. The fourth-order valence-corrected chi connectivity index (χ4v) is 2.54. The molecule has 0 radical (unpaired) electrons. The molecule has 3 rings (SSSR count). The van der Waals surface area contributed by atoms with Crippen LogP contribution in [0.3, 0.4) is 0 Å². The minimum absolute atomic E-state index is 0.209. The zero-order valence-electron chi connectivity index (χ0n) is 11.6. The van der Waals surface area contributed by atoms with Crippen molar-refractivity contribution in [3.63, 3.8) is 0 Å². The number of pyridine rings is 1. The maximum Gasteiger partial charge on any atom is 0.253 e. The smallest absolute Gasteiger partial charge is 0.253 e. The van der Waals surface area contributed by atoms with Gasteiger partial charge in [-0.2, -0.15) is 0 Å². The van der Waals surface area contributed by atoms with Gasteiger partial charge in [0.25, 0.3) is 5.91 Å². The number of furan rings is 1. The Labute approximate surface area is 136 Å². The first kappa shape index (κ1) is 14.5. The lowest BCUT2D eigenvalue weighted by atomic mass is 10.0. The predicted octanol–water partition coefficient (Wildman–Crippen LogP) is 3.96. The zero-order valence-corrected chi connectivity index (χ0v) is 13.2. The predicted molar refractivity (Wildman–Crippen MR) is 86.4 cm³/mol. The first-order valence-corrected chi connectivity index (χ1v) is 7.53. The van der Waals surface area contributed by atoms with Crippen LogP contribution >= 0.6 is 15.9 Å². The van der Waals surface area contributed by atoms with Gasteiger partial charge in [-0.15, -0.1) is 0 Å². The molecular formula is C17H13BrN2O2. The summed E-state index contributed by atoms with van der Waals surface area (Å²) in [6.07, 6.45) is 4.76. The number of halogens is 1. The third-order valence-electron chi connectivity index (χ3n) is 3.20. The van der Waals surface area contributed by atoms with Crippen molar-refractivity contribution in [2.45, 2.75) is 6.04 Å². The van der Waals surface area contributed by atoms with Gasteiger partial charge in [0.05, 0.1) is 11.8 Å². The normalized spacial score (nSPS) is 11.9.